The van der Waals surface area contributed by atoms with Crippen molar-refractivity contribution in [3.63, 3.8) is 0 Å². The molecule has 4 heteroatoms. The van der Waals surface area contributed by atoms with Crippen LogP contribution in [0.4, 0.5) is 0 Å². The first-order valence-electron chi connectivity index (χ1n) is 5.17. The maximum Gasteiger partial charge on any atom is 0.171 e. The molecule has 0 unspecified atom stereocenters. The minimum atomic E-state index is 0.361. The van der Waals surface area contributed by atoms with Crippen molar-refractivity contribution in [2.24, 2.45) is 0 Å². The largest absolute Gasteiger partial charge is 0.232 e. The first kappa shape index (κ1) is 11.6. The van der Waals surface area contributed by atoms with Crippen molar-refractivity contribution in [3.05, 3.63) is 33.9 Å². The van der Waals surface area contributed by atoms with Crippen LogP contribution < -0.4 is 0 Å². The fraction of sp³-hybridized carbons (Fsp3) is 0.333. The van der Waals surface area contributed by atoms with Crippen LogP contribution in [-0.2, 0) is 0 Å². The van der Waals surface area contributed by atoms with E-state index < -0.39 is 0 Å². The molecule has 0 aliphatic carbocycles. The Kier molecular flexibility index (Phi) is 3.26. The highest BCUT2D eigenvalue weighted by Gasteiger charge is 2.09. The molecule has 0 saturated heterocycles. The van der Waals surface area contributed by atoms with Gasteiger partial charge < -0.3 is 0 Å². The average molecular weight is 253 g/mol. The smallest absolute Gasteiger partial charge is 0.171 e. The van der Waals surface area contributed by atoms with Crippen LogP contribution >= 0.6 is 22.9 Å². The lowest BCUT2D eigenvalue weighted by atomic mass is 10.1. The van der Waals surface area contributed by atoms with Gasteiger partial charge in [-0.2, -0.15) is 0 Å². The quantitative estimate of drug-likeness (QED) is 0.745. The number of thiophene rings is 1. The van der Waals surface area contributed by atoms with Crippen LogP contribution in [0.5, 0.6) is 0 Å². The molecule has 0 bridgehead atoms. The van der Waals surface area contributed by atoms with E-state index >= 15 is 0 Å². The first-order valence-corrected chi connectivity index (χ1v) is 6.37. The normalized spacial score (nSPS) is 11.1. The van der Waals surface area contributed by atoms with Crippen molar-refractivity contribution < 1.29 is 0 Å². The second kappa shape index (κ2) is 4.52. The molecule has 0 fully saturated rings. The van der Waals surface area contributed by atoms with E-state index in [1.807, 2.05) is 12.1 Å². The first-order chi connectivity index (χ1) is 7.56. The predicted octanol–water partition coefficient (Wildman–Crippen LogP) is 4.29. The van der Waals surface area contributed by atoms with Crippen LogP contribution in [0.25, 0.3) is 10.7 Å². The summed E-state index contributed by atoms with van der Waals surface area (Å²) in [5, 5.41) is 0.514. The van der Waals surface area contributed by atoms with Crippen molar-refractivity contribution in [1.82, 2.24) is 9.97 Å². The molecule has 0 aliphatic heterocycles. The van der Waals surface area contributed by atoms with Gasteiger partial charge in [0.05, 0.1) is 4.88 Å². The van der Waals surface area contributed by atoms with E-state index in [0.717, 1.165) is 16.4 Å². The monoisotopic (exact) mass is 252 g/mol. The highest BCUT2D eigenvalue weighted by Crippen LogP contribution is 2.27. The third kappa shape index (κ3) is 2.42. The highest BCUT2D eigenvalue weighted by molar-refractivity contribution is 7.15. The lowest BCUT2D eigenvalue weighted by molar-refractivity contribution is 0.817. The summed E-state index contributed by atoms with van der Waals surface area (Å²) < 4.78 is 0. The summed E-state index contributed by atoms with van der Waals surface area (Å²) in [6.07, 6.45) is 0. The van der Waals surface area contributed by atoms with Crippen molar-refractivity contribution in [2.75, 3.05) is 0 Å². The van der Waals surface area contributed by atoms with Gasteiger partial charge in [-0.05, 0) is 31.0 Å². The van der Waals surface area contributed by atoms with Gasteiger partial charge >= 0.3 is 0 Å². The van der Waals surface area contributed by atoms with Crippen LogP contribution in [0, 0.1) is 6.92 Å². The Bertz CT molecular complexity index is 505. The van der Waals surface area contributed by atoms with Gasteiger partial charge in [0.25, 0.3) is 0 Å². The summed E-state index contributed by atoms with van der Waals surface area (Å²) in [5.74, 6) is 1.09. The zero-order valence-electron chi connectivity index (χ0n) is 9.49. The van der Waals surface area contributed by atoms with Gasteiger partial charge in [-0.3, -0.25) is 0 Å². The molecule has 2 aromatic rings. The molecule has 2 nitrogen and oxygen atoms in total. The molecule has 0 aliphatic rings. The number of halogens is 1. The molecule has 0 amide bonds. The minimum absolute atomic E-state index is 0.361. The standard InChI is InChI=1S/C12H13ClN2S/c1-7(2)9-6-11(13)15-12(14-9)10-5-4-8(3)16-10/h4-7H,1-3H3. The predicted molar refractivity (Wildman–Crippen MR) is 69.2 cm³/mol. The zero-order chi connectivity index (χ0) is 11.7. The van der Waals surface area contributed by atoms with Gasteiger partial charge in [-0.15, -0.1) is 11.3 Å². The number of rotatable bonds is 2. The lowest BCUT2D eigenvalue weighted by Crippen LogP contribution is -1.96. The van der Waals surface area contributed by atoms with Crippen LogP contribution in [0.3, 0.4) is 0 Å². The molecule has 84 valence electrons. The fourth-order valence-corrected chi connectivity index (χ4v) is 2.39. The molecule has 0 N–H and O–H groups in total. The number of nitrogens with zero attached hydrogens (tertiary/aromatic N) is 2. The molecule has 2 heterocycles. The summed E-state index contributed by atoms with van der Waals surface area (Å²) in [6, 6.07) is 5.94. The van der Waals surface area contributed by atoms with E-state index in [1.165, 1.54) is 4.88 Å². The van der Waals surface area contributed by atoms with Crippen molar-refractivity contribution in [2.45, 2.75) is 26.7 Å². The minimum Gasteiger partial charge on any atom is -0.232 e. The molecule has 0 spiro atoms. The third-order valence-electron chi connectivity index (χ3n) is 2.27. The van der Waals surface area contributed by atoms with Crippen LogP contribution in [0.15, 0.2) is 18.2 Å². The van der Waals surface area contributed by atoms with Gasteiger partial charge in [0, 0.05) is 10.6 Å². The Morgan fingerprint density at radius 3 is 2.56 bits per heavy atom. The molecular formula is C12H13ClN2S. The molecule has 0 radical (unpaired) electrons. The maximum atomic E-state index is 6.00. The Morgan fingerprint density at radius 1 is 1.25 bits per heavy atom. The Labute approximate surface area is 104 Å². The van der Waals surface area contributed by atoms with E-state index in [4.69, 9.17) is 11.6 Å². The Hall–Kier alpha value is -0.930. The number of aromatic nitrogens is 2. The lowest BCUT2D eigenvalue weighted by Gasteiger charge is -2.06. The van der Waals surface area contributed by atoms with Gasteiger partial charge in [-0.25, -0.2) is 9.97 Å². The van der Waals surface area contributed by atoms with Crippen molar-refractivity contribution in [3.8, 4) is 10.7 Å². The molecular weight excluding hydrogens is 240 g/mol. The van der Waals surface area contributed by atoms with E-state index in [1.54, 1.807) is 11.3 Å². The van der Waals surface area contributed by atoms with Crippen molar-refractivity contribution in [1.29, 1.82) is 0 Å². The summed E-state index contributed by atoms with van der Waals surface area (Å²) in [4.78, 5) is 11.1. The molecule has 0 atom stereocenters. The average Bonchev–Trinajstić information content (AvgIpc) is 2.64. The number of hydrogen-bond acceptors (Lipinski definition) is 3. The topological polar surface area (TPSA) is 25.8 Å². The van der Waals surface area contributed by atoms with Crippen LogP contribution in [-0.4, -0.2) is 9.97 Å². The number of hydrogen-bond donors (Lipinski definition) is 0. The van der Waals surface area contributed by atoms with Gasteiger partial charge in [-0.1, -0.05) is 25.4 Å². The SMILES string of the molecule is Cc1ccc(-c2nc(Cl)cc(C(C)C)n2)s1. The Morgan fingerprint density at radius 2 is 2.00 bits per heavy atom. The van der Waals surface area contributed by atoms with E-state index in [-0.39, 0.29) is 0 Å². The maximum absolute atomic E-state index is 6.00. The highest BCUT2D eigenvalue weighted by atomic mass is 35.5. The number of aryl methyl sites for hydroxylation is 1. The van der Waals surface area contributed by atoms with Crippen molar-refractivity contribution >= 4 is 22.9 Å². The van der Waals surface area contributed by atoms with Gasteiger partial charge in [0.2, 0.25) is 0 Å². The van der Waals surface area contributed by atoms with E-state index in [9.17, 15) is 0 Å². The third-order valence-corrected chi connectivity index (χ3v) is 3.46. The van der Waals surface area contributed by atoms with E-state index in [0.29, 0.717) is 11.1 Å². The summed E-state index contributed by atoms with van der Waals surface area (Å²) in [5.41, 5.74) is 0.987. The molecule has 0 aromatic carbocycles. The summed E-state index contributed by atoms with van der Waals surface area (Å²) >= 11 is 7.69. The molecule has 16 heavy (non-hydrogen) atoms. The Balaban J connectivity index is 2.49. The van der Waals surface area contributed by atoms with Gasteiger partial charge in [0.1, 0.15) is 5.15 Å². The van der Waals surface area contributed by atoms with Crippen LogP contribution in [0.2, 0.25) is 5.15 Å². The second-order valence-electron chi connectivity index (χ2n) is 4.00. The fourth-order valence-electron chi connectivity index (χ4n) is 1.40. The zero-order valence-corrected chi connectivity index (χ0v) is 11.1. The second-order valence-corrected chi connectivity index (χ2v) is 5.68. The van der Waals surface area contributed by atoms with Crippen LogP contribution in [0.1, 0.15) is 30.3 Å². The van der Waals surface area contributed by atoms with Gasteiger partial charge in [0.15, 0.2) is 5.82 Å². The summed E-state index contributed by atoms with van der Waals surface area (Å²) in [6.45, 7) is 6.27. The van der Waals surface area contributed by atoms with E-state index in [2.05, 4.69) is 36.8 Å². The molecule has 0 saturated carbocycles. The molecule has 2 aromatic heterocycles. The summed E-state index contributed by atoms with van der Waals surface area (Å²) in [7, 11) is 0. The molecule has 2 rings (SSSR count).